The molecule has 0 saturated carbocycles. The van der Waals surface area contributed by atoms with Crippen molar-refractivity contribution >= 4 is 5.91 Å². The Morgan fingerprint density at radius 2 is 1.96 bits per heavy atom. The fourth-order valence-electron chi connectivity index (χ4n) is 3.29. The Hall–Kier alpha value is -2.17. The molecule has 1 unspecified atom stereocenters. The molecule has 0 bridgehead atoms. The van der Waals surface area contributed by atoms with Gasteiger partial charge in [0.15, 0.2) is 0 Å². The first-order chi connectivity index (χ1) is 11.1. The average molecular weight is 313 g/mol. The summed E-state index contributed by atoms with van der Waals surface area (Å²) in [5.74, 6) is 1.31. The van der Waals surface area contributed by atoms with Gasteiger partial charge in [-0.2, -0.15) is 0 Å². The van der Waals surface area contributed by atoms with Gasteiger partial charge in [0.1, 0.15) is 6.04 Å². The van der Waals surface area contributed by atoms with Gasteiger partial charge in [0.2, 0.25) is 17.7 Å². The molecule has 0 N–H and O–H groups in total. The average Bonchev–Trinajstić information content (AvgIpc) is 3.01. The molecular weight excluding hydrogens is 290 g/mol. The second kappa shape index (κ2) is 6.52. The molecule has 0 fully saturated rings. The van der Waals surface area contributed by atoms with E-state index in [9.17, 15) is 4.79 Å². The van der Waals surface area contributed by atoms with Gasteiger partial charge < -0.3 is 9.32 Å². The van der Waals surface area contributed by atoms with Crippen LogP contribution in [0.25, 0.3) is 0 Å². The van der Waals surface area contributed by atoms with Gasteiger partial charge in [-0.25, -0.2) is 0 Å². The number of carbonyl (C=O) groups excluding carboxylic acids is 1. The van der Waals surface area contributed by atoms with E-state index in [1.54, 1.807) is 6.92 Å². The fraction of sp³-hybridized carbons (Fsp3) is 0.500. The molecule has 0 saturated heterocycles. The number of carbonyl (C=O) groups is 1. The van der Waals surface area contributed by atoms with Gasteiger partial charge in [-0.3, -0.25) is 4.79 Å². The Labute approximate surface area is 136 Å². The monoisotopic (exact) mass is 313 g/mol. The summed E-state index contributed by atoms with van der Waals surface area (Å²) in [6, 6.07) is 8.10. The zero-order valence-corrected chi connectivity index (χ0v) is 14.0. The highest BCUT2D eigenvalue weighted by Gasteiger charge is 2.36. The van der Waals surface area contributed by atoms with Crippen molar-refractivity contribution in [3.63, 3.8) is 0 Å². The van der Waals surface area contributed by atoms with Gasteiger partial charge in [0, 0.05) is 25.8 Å². The molecule has 1 amide bonds. The summed E-state index contributed by atoms with van der Waals surface area (Å²) in [4.78, 5) is 14.9. The Balaban J connectivity index is 1.97. The summed E-state index contributed by atoms with van der Waals surface area (Å²) in [6.45, 7) is 6.52. The highest BCUT2D eigenvalue weighted by Crippen LogP contribution is 2.34. The summed E-state index contributed by atoms with van der Waals surface area (Å²) >= 11 is 0. The van der Waals surface area contributed by atoms with Gasteiger partial charge in [0.25, 0.3) is 0 Å². The van der Waals surface area contributed by atoms with Crippen LogP contribution < -0.4 is 0 Å². The Morgan fingerprint density at radius 1 is 1.26 bits per heavy atom. The molecule has 0 aliphatic carbocycles. The summed E-state index contributed by atoms with van der Waals surface area (Å²) < 4.78 is 5.65. The van der Waals surface area contributed by atoms with Gasteiger partial charge >= 0.3 is 0 Å². The molecule has 23 heavy (non-hydrogen) atoms. The van der Waals surface area contributed by atoms with Crippen molar-refractivity contribution in [3.8, 4) is 0 Å². The first-order valence-corrected chi connectivity index (χ1v) is 8.31. The van der Waals surface area contributed by atoms with E-state index in [-0.39, 0.29) is 17.9 Å². The predicted molar refractivity (Wildman–Crippen MR) is 86.5 cm³/mol. The van der Waals surface area contributed by atoms with Gasteiger partial charge in [-0.15, -0.1) is 10.2 Å². The summed E-state index contributed by atoms with van der Waals surface area (Å²) in [7, 11) is 0. The molecule has 5 heteroatoms. The molecule has 1 aromatic carbocycles. The molecule has 1 atom stereocenters. The molecule has 1 aromatic heterocycles. The maximum absolute atomic E-state index is 13.0. The van der Waals surface area contributed by atoms with Crippen molar-refractivity contribution in [2.24, 2.45) is 5.92 Å². The number of hydrogen-bond acceptors (Lipinski definition) is 4. The van der Waals surface area contributed by atoms with Crippen molar-refractivity contribution < 1.29 is 9.21 Å². The Morgan fingerprint density at radius 3 is 2.57 bits per heavy atom. The van der Waals surface area contributed by atoms with Crippen molar-refractivity contribution in [1.29, 1.82) is 0 Å². The second-order valence-electron chi connectivity index (χ2n) is 6.13. The number of hydrogen-bond donors (Lipinski definition) is 0. The third-order valence-corrected chi connectivity index (χ3v) is 4.69. The number of amides is 1. The quantitative estimate of drug-likeness (QED) is 0.867. The molecule has 5 nitrogen and oxygen atoms in total. The van der Waals surface area contributed by atoms with E-state index in [2.05, 4.69) is 36.2 Å². The minimum absolute atomic E-state index is 0.0479. The van der Waals surface area contributed by atoms with Crippen LogP contribution >= 0.6 is 0 Å². The van der Waals surface area contributed by atoms with E-state index in [0.29, 0.717) is 18.3 Å². The number of fused-ring (bicyclic) bond motifs is 1. The van der Waals surface area contributed by atoms with Crippen LogP contribution in [0.2, 0.25) is 0 Å². The lowest BCUT2D eigenvalue weighted by Crippen LogP contribution is -2.42. The van der Waals surface area contributed by atoms with Crippen LogP contribution in [-0.2, 0) is 17.8 Å². The predicted octanol–water partition coefficient (Wildman–Crippen LogP) is 3.44. The SMILES string of the molecule is CCC(CC)C(=O)N1Cc2ccccc2CC1c1nnc(C)o1. The highest BCUT2D eigenvalue weighted by molar-refractivity contribution is 5.79. The molecule has 2 aromatic rings. The smallest absolute Gasteiger partial charge is 0.239 e. The molecule has 1 aliphatic heterocycles. The van der Waals surface area contributed by atoms with E-state index >= 15 is 0 Å². The lowest BCUT2D eigenvalue weighted by atomic mass is 9.91. The van der Waals surface area contributed by atoms with E-state index in [0.717, 1.165) is 19.3 Å². The molecule has 122 valence electrons. The molecule has 0 radical (unpaired) electrons. The number of aryl methyl sites for hydroxylation is 1. The minimum Gasteiger partial charge on any atom is -0.423 e. The third-order valence-electron chi connectivity index (χ3n) is 4.69. The van der Waals surface area contributed by atoms with E-state index in [1.165, 1.54) is 11.1 Å². The largest absolute Gasteiger partial charge is 0.423 e. The zero-order valence-electron chi connectivity index (χ0n) is 14.0. The number of aromatic nitrogens is 2. The Kier molecular flexibility index (Phi) is 4.46. The number of nitrogens with zero attached hydrogens (tertiary/aromatic N) is 3. The second-order valence-corrected chi connectivity index (χ2v) is 6.13. The maximum atomic E-state index is 13.0. The standard InChI is InChI=1S/C18H23N3O2/c1-4-13(5-2)18(22)21-11-15-9-7-6-8-14(15)10-16(21)17-20-19-12(3)23-17/h6-9,13,16H,4-5,10-11H2,1-3H3. The van der Waals surface area contributed by atoms with Gasteiger partial charge in [0.05, 0.1) is 0 Å². The van der Waals surface area contributed by atoms with Gasteiger partial charge in [-0.1, -0.05) is 38.1 Å². The Bertz CT molecular complexity index is 691. The molecular formula is C18H23N3O2. The summed E-state index contributed by atoms with van der Waals surface area (Å²) in [5.41, 5.74) is 2.46. The van der Waals surface area contributed by atoms with Crippen molar-refractivity contribution in [3.05, 3.63) is 47.2 Å². The number of benzene rings is 1. The topological polar surface area (TPSA) is 59.2 Å². The fourth-order valence-corrected chi connectivity index (χ4v) is 3.29. The lowest BCUT2D eigenvalue weighted by molar-refractivity contribution is -0.140. The van der Waals surface area contributed by atoms with Crippen LogP contribution in [0, 0.1) is 12.8 Å². The van der Waals surface area contributed by atoms with Crippen LogP contribution in [0.1, 0.15) is 55.6 Å². The van der Waals surface area contributed by atoms with Crippen LogP contribution in [0.5, 0.6) is 0 Å². The lowest BCUT2D eigenvalue weighted by Gasteiger charge is -2.36. The van der Waals surface area contributed by atoms with Gasteiger partial charge in [-0.05, 0) is 24.0 Å². The summed E-state index contributed by atoms with van der Waals surface area (Å²) in [6.07, 6.45) is 2.43. The maximum Gasteiger partial charge on any atom is 0.239 e. The van der Waals surface area contributed by atoms with Crippen molar-refractivity contribution in [2.45, 2.75) is 52.6 Å². The molecule has 0 spiro atoms. The van der Waals surface area contributed by atoms with Crippen LogP contribution in [-0.4, -0.2) is 21.0 Å². The van der Waals surface area contributed by atoms with Crippen molar-refractivity contribution in [2.75, 3.05) is 0 Å². The highest BCUT2D eigenvalue weighted by atomic mass is 16.4. The molecule has 2 heterocycles. The minimum atomic E-state index is -0.167. The zero-order chi connectivity index (χ0) is 16.4. The normalized spacial score (nSPS) is 17.4. The van der Waals surface area contributed by atoms with E-state index in [4.69, 9.17) is 4.42 Å². The number of rotatable bonds is 4. The third kappa shape index (κ3) is 3.00. The van der Waals surface area contributed by atoms with Crippen LogP contribution in [0.4, 0.5) is 0 Å². The first-order valence-electron chi connectivity index (χ1n) is 8.31. The van der Waals surface area contributed by atoms with Crippen LogP contribution in [0.3, 0.4) is 0 Å². The molecule has 1 aliphatic rings. The van der Waals surface area contributed by atoms with Crippen molar-refractivity contribution in [1.82, 2.24) is 15.1 Å². The molecule has 3 rings (SSSR count). The van der Waals surface area contributed by atoms with E-state index < -0.39 is 0 Å². The van der Waals surface area contributed by atoms with Crippen LogP contribution in [0.15, 0.2) is 28.7 Å². The van der Waals surface area contributed by atoms with E-state index in [1.807, 2.05) is 17.0 Å². The first kappa shape index (κ1) is 15.7. The summed E-state index contributed by atoms with van der Waals surface area (Å²) in [5, 5.41) is 8.12.